The summed E-state index contributed by atoms with van der Waals surface area (Å²) < 4.78 is 11.1. The second-order valence-corrected chi connectivity index (χ2v) is 20.3. The van der Waals surface area contributed by atoms with Gasteiger partial charge in [-0.2, -0.15) is 0 Å². The predicted octanol–water partition coefficient (Wildman–Crippen LogP) is 11.9. The van der Waals surface area contributed by atoms with Crippen LogP contribution in [0.3, 0.4) is 0 Å². The van der Waals surface area contributed by atoms with Crippen LogP contribution in [-0.2, 0) is 14.3 Å². The Morgan fingerprint density at radius 3 is 1.29 bits per heavy atom. The maximum atomic E-state index is 13.2. The minimum atomic E-state index is -1.67. The molecule has 0 radical (unpaired) electrons. The lowest BCUT2D eigenvalue weighted by molar-refractivity contribution is -0.303. The highest BCUT2D eigenvalue weighted by molar-refractivity contribution is 5.80. The molecule has 11 heteroatoms. The summed E-state index contributed by atoms with van der Waals surface area (Å²) in [6.45, 7) is 3.44. The number of carbonyl (C=O) groups excluding carboxylic acids is 1. The molecule has 0 aliphatic carbocycles. The van der Waals surface area contributed by atoms with Gasteiger partial charge in [-0.3, -0.25) is 4.79 Å². The summed E-state index contributed by atoms with van der Waals surface area (Å²) >= 11 is 0. The molecule has 0 saturated carbocycles. The molecular weight excluding hydrogens is 871 g/mol. The summed E-state index contributed by atoms with van der Waals surface area (Å²) in [5.74, 6) is -0.709. The van der Waals surface area contributed by atoms with Crippen molar-refractivity contribution in [3.8, 4) is 0 Å². The first-order chi connectivity index (χ1) is 33.7. The molecule has 1 amide bonds. The largest absolute Gasteiger partial charge is 0.394 e. The van der Waals surface area contributed by atoms with Gasteiger partial charge in [-0.05, 0) is 64.2 Å². The van der Waals surface area contributed by atoms with Gasteiger partial charge >= 0.3 is 0 Å². The molecule has 0 bridgehead atoms. The number of nitrogens with one attached hydrogen (secondary N) is 1. The number of hydrogen-bond acceptors (Lipinski definition) is 10. The van der Waals surface area contributed by atoms with E-state index in [9.17, 15) is 40.5 Å². The van der Waals surface area contributed by atoms with Gasteiger partial charge in [-0.15, -0.1) is 0 Å². The van der Waals surface area contributed by atoms with Crippen LogP contribution in [0.25, 0.3) is 0 Å². The van der Waals surface area contributed by atoms with Gasteiger partial charge < -0.3 is 50.5 Å². The Balaban J connectivity index is 2.33. The number of carbonyl (C=O) groups is 1. The second-order valence-electron chi connectivity index (χ2n) is 20.3. The van der Waals surface area contributed by atoms with Crippen LogP contribution in [-0.4, -0.2) is 110 Å². The van der Waals surface area contributed by atoms with E-state index in [-0.39, 0.29) is 12.8 Å². The van der Waals surface area contributed by atoms with Crippen LogP contribution >= 0.6 is 0 Å². The molecule has 11 nitrogen and oxygen atoms in total. The Morgan fingerprint density at radius 1 is 0.493 bits per heavy atom. The quantitative estimate of drug-likeness (QED) is 0.0215. The summed E-state index contributed by atoms with van der Waals surface area (Å²) in [7, 11) is 0. The Morgan fingerprint density at radius 2 is 0.870 bits per heavy atom. The van der Waals surface area contributed by atoms with Crippen LogP contribution in [0.15, 0.2) is 36.5 Å². The average molecular weight is 981 g/mol. The molecular formula is C58H109NO10. The molecule has 1 aliphatic heterocycles. The van der Waals surface area contributed by atoms with E-state index in [0.29, 0.717) is 19.3 Å². The normalized spacial score (nSPS) is 20.6. The number of allylic oxidation sites excluding steroid dienone is 6. The molecule has 406 valence electrons. The average Bonchev–Trinajstić information content (AvgIpc) is 3.35. The first-order valence-electron chi connectivity index (χ1n) is 28.9. The Labute approximate surface area is 422 Å². The third-order valence-corrected chi connectivity index (χ3v) is 13.9. The molecule has 0 aromatic rings. The number of hydrogen-bond donors (Lipinski definition) is 8. The number of ether oxygens (including phenoxy) is 2. The molecule has 0 spiro atoms. The van der Waals surface area contributed by atoms with Gasteiger partial charge in [-0.1, -0.05) is 230 Å². The topological polar surface area (TPSA) is 189 Å². The van der Waals surface area contributed by atoms with E-state index in [1.54, 1.807) is 0 Å². The minimum Gasteiger partial charge on any atom is -0.394 e. The standard InChI is InChI=1S/C58H109NO10/c1-3-5-7-9-11-13-15-17-19-21-23-24-25-26-27-28-30-32-34-36-38-40-42-44-46-51(62)57(67)59-49(48-68-58-56(66)55(65)54(64)52(47-60)69-58)53(63)50(61)45-43-41-39-37-35-33-31-29-22-20-18-16-14-12-10-8-6-4-2/h16,18,29,31,37,39,49-56,58,60-66H,3-15,17,19-28,30,32-36,38,40-48H2,1-2H3,(H,59,67)/b18-16+,31-29+,39-37+. The molecule has 1 fully saturated rings. The Hall–Kier alpha value is -1.67. The third-order valence-electron chi connectivity index (χ3n) is 13.9. The predicted molar refractivity (Wildman–Crippen MR) is 284 cm³/mol. The van der Waals surface area contributed by atoms with Crippen LogP contribution in [0.1, 0.15) is 258 Å². The van der Waals surface area contributed by atoms with E-state index < -0.39 is 74.2 Å². The van der Waals surface area contributed by atoms with Crippen molar-refractivity contribution < 1.29 is 50.0 Å². The molecule has 0 aromatic carbocycles. The molecule has 1 saturated heterocycles. The lowest BCUT2D eigenvalue weighted by Crippen LogP contribution is -2.60. The Kier molecular flexibility index (Phi) is 44.8. The second kappa shape index (κ2) is 47.3. The van der Waals surface area contributed by atoms with E-state index in [4.69, 9.17) is 9.47 Å². The van der Waals surface area contributed by atoms with Crippen LogP contribution in [0.5, 0.6) is 0 Å². The van der Waals surface area contributed by atoms with Gasteiger partial charge in [0.05, 0.1) is 25.4 Å². The maximum absolute atomic E-state index is 13.2. The highest BCUT2D eigenvalue weighted by Gasteiger charge is 2.44. The molecule has 1 heterocycles. The van der Waals surface area contributed by atoms with Gasteiger partial charge in [0.1, 0.15) is 36.6 Å². The molecule has 9 atom stereocenters. The first-order valence-corrected chi connectivity index (χ1v) is 28.9. The number of aliphatic hydroxyl groups is 7. The molecule has 69 heavy (non-hydrogen) atoms. The molecule has 1 rings (SSSR count). The maximum Gasteiger partial charge on any atom is 0.249 e. The van der Waals surface area contributed by atoms with Crippen molar-refractivity contribution in [2.45, 2.75) is 313 Å². The number of unbranched alkanes of at least 4 members (excludes halogenated alkanes) is 31. The zero-order chi connectivity index (χ0) is 50.4. The summed E-state index contributed by atoms with van der Waals surface area (Å²) in [6, 6.07) is -1.19. The zero-order valence-corrected chi connectivity index (χ0v) is 44.3. The van der Waals surface area contributed by atoms with E-state index in [0.717, 1.165) is 44.9 Å². The summed E-state index contributed by atoms with van der Waals surface area (Å²) in [5, 5.41) is 76.1. The van der Waals surface area contributed by atoms with Crippen molar-refractivity contribution >= 4 is 5.91 Å². The van der Waals surface area contributed by atoms with Gasteiger partial charge in [0.15, 0.2) is 6.29 Å². The number of amides is 1. The van der Waals surface area contributed by atoms with E-state index >= 15 is 0 Å². The van der Waals surface area contributed by atoms with E-state index in [1.807, 2.05) is 0 Å². The molecule has 9 unspecified atom stereocenters. The third kappa shape index (κ3) is 36.0. The van der Waals surface area contributed by atoms with Crippen molar-refractivity contribution in [1.82, 2.24) is 5.32 Å². The first kappa shape index (κ1) is 65.3. The lowest BCUT2D eigenvalue weighted by Gasteiger charge is -2.40. The monoisotopic (exact) mass is 980 g/mol. The van der Waals surface area contributed by atoms with Crippen molar-refractivity contribution in [3.63, 3.8) is 0 Å². The van der Waals surface area contributed by atoms with Crippen molar-refractivity contribution in [1.29, 1.82) is 0 Å². The fourth-order valence-corrected chi connectivity index (χ4v) is 9.18. The fraction of sp³-hybridized carbons (Fsp3) is 0.879. The number of rotatable bonds is 49. The smallest absolute Gasteiger partial charge is 0.249 e. The van der Waals surface area contributed by atoms with Crippen LogP contribution in [0, 0.1) is 0 Å². The fourth-order valence-electron chi connectivity index (χ4n) is 9.18. The summed E-state index contributed by atoms with van der Waals surface area (Å²) in [4.78, 5) is 13.2. The van der Waals surface area contributed by atoms with Gasteiger partial charge in [0.2, 0.25) is 5.91 Å². The SMILES string of the molecule is CCCCCCC/C=C/CC/C=C/CC/C=C/CCCC(O)C(O)C(COC1OC(CO)C(O)C(O)C1O)NC(=O)C(O)CCCCCCCCCCCCCCCCCCCCCCCCCC. The van der Waals surface area contributed by atoms with Gasteiger partial charge in [-0.25, -0.2) is 0 Å². The Bertz CT molecular complexity index is 1210. The van der Waals surface area contributed by atoms with Gasteiger partial charge in [0.25, 0.3) is 0 Å². The lowest BCUT2D eigenvalue weighted by atomic mass is 9.98. The minimum absolute atomic E-state index is 0.242. The van der Waals surface area contributed by atoms with Crippen LogP contribution in [0.4, 0.5) is 0 Å². The van der Waals surface area contributed by atoms with Crippen molar-refractivity contribution in [3.05, 3.63) is 36.5 Å². The molecule has 0 aromatic heterocycles. The van der Waals surface area contributed by atoms with Crippen LogP contribution < -0.4 is 5.32 Å². The summed E-state index contributed by atoms with van der Waals surface area (Å²) in [5.41, 5.74) is 0. The molecule has 1 aliphatic rings. The summed E-state index contributed by atoms with van der Waals surface area (Å²) in [6.07, 6.45) is 46.3. The molecule has 8 N–H and O–H groups in total. The van der Waals surface area contributed by atoms with Crippen molar-refractivity contribution in [2.75, 3.05) is 13.2 Å². The van der Waals surface area contributed by atoms with E-state index in [2.05, 4.69) is 55.6 Å². The van der Waals surface area contributed by atoms with Gasteiger partial charge in [0, 0.05) is 0 Å². The zero-order valence-electron chi connectivity index (χ0n) is 44.3. The highest BCUT2D eigenvalue weighted by atomic mass is 16.7. The van der Waals surface area contributed by atoms with Crippen molar-refractivity contribution in [2.24, 2.45) is 0 Å². The highest BCUT2D eigenvalue weighted by Crippen LogP contribution is 2.23. The van der Waals surface area contributed by atoms with Crippen LogP contribution in [0.2, 0.25) is 0 Å². The number of aliphatic hydroxyl groups excluding tert-OH is 7. The van der Waals surface area contributed by atoms with E-state index in [1.165, 1.54) is 167 Å².